The van der Waals surface area contributed by atoms with Gasteiger partial charge in [-0.2, -0.15) is 9.61 Å². The van der Waals surface area contributed by atoms with E-state index in [1.165, 1.54) is 10.4 Å². The number of nitrogens with zero attached hydrogens (tertiary/aromatic N) is 4. The Morgan fingerprint density at radius 2 is 2.12 bits per heavy atom. The van der Waals surface area contributed by atoms with Gasteiger partial charge in [0.15, 0.2) is 5.65 Å². The van der Waals surface area contributed by atoms with Crippen molar-refractivity contribution in [1.82, 2.24) is 19.6 Å². The molecular formula is C18H19N5OS. The minimum absolute atomic E-state index is 0.720. The normalized spacial score (nSPS) is 11.4. The van der Waals surface area contributed by atoms with E-state index in [0.717, 1.165) is 48.0 Å². The summed E-state index contributed by atoms with van der Waals surface area (Å²) in [4.78, 5) is 11.3. The van der Waals surface area contributed by atoms with Gasteiger partial charge in [0.1, 0.15) is 11.2 Å². The van der Waals surface area contributed by atoms with E-state index in [2.05, 4.69) is 33.6 Å². The molecule has 0 bridgehead atoms. The third-order valence-corrected chi connectivity index (χ3v) is 5.00. The van der Waals surface area contributed by atoms with Crippen LogP contribution in [0.2, 0.25) is 0 Å². The van der Waals surface area contributed by atoms with Gasteiger partial charge in [0.2, 0.25) is 5.95 Å². The van der Waals surface area contributed by atoms with Crippen LogP contribution in [0.25, 0.3) is 26.3 Å². The summed E-state index contributed by atoms with van der Waals surface area (Å²) in [5.41, 5.74) is 2.02. The number of thiophene rings is 1. The van der Waals surface area contributed by atoms with Crippen molar-refractivity contribution in [3.8, 4) is 10.4 Å². The van der Waals surface area contributed by atoms with E-state index < -0.39 is 0 Å². The molecule has 7 heteroatoms. The predicted octanol–water partition coefficient (Wildman–Crippen LogP) is 3.84. The Morgan fingerprint density at radius 1 is 1.24 bits per heavy atom. The molecule has 4 rings (SSSR count). The molecule has 0 radical (unpaired) electrons. The number of hydrogen-bond donors (Lipinski definition) is 1. The van der Waals surface area contributed by atoms with Crippen molar-refractivity contribution in [2.75, 3.05) is 25.1 Å². The van der Waals surface area contributed by atoms with E-state index in [1.54, 1.807) is 22.2 Å². The van der Waals surface area contributed by atoms with Gasteiger partial charge < -0.3 is 10.1 Å². The maximum Gasteiger partial charge on any atom is 0.227 e. The minimum atomic E-state index is 0.720. The molecule has 3 heterocycles. The largest absolute Gasteiger partial charge is 0.382 e. The first-order valence-electron chi connectivity index (χ1n) is 8.37. The van der Waals surface area contributed by atoms with Crippen molar-refractivity contribution in [2.24, 2.45) is 0 Å². The first kappa shape index (κ1) is 16.0. The highest BCUT2D eigenvalue weighted by molar-refractivity contribution is 7.22. The molecule has 0 saturated heterocycles. The maximum absolute atomic E-state index is 5.37. The zero-order valence-electron chi connectivity index (χ0n) is 14.0. The molecule has 1 N–H and O–H groups in total. The molecule has 0 aliphatic rings. The summed E-state index contributed by atoms with van der Waals surface area (Å²) in [5.74, 6) is 0.720. The van der Waals surface area contributed by atoms with Crippen LogP contribution in [-0.2, 0) is 4.74 Å². The monoisotopic (exact) mass is 353 g/mol. The van der Waals surface area contributed by atoms with E-state index in [1.807, 2.05) is 25.1 Å². The Morgan fingerprint density at radius 3 is 2.96 bits per heavy atom. The number of nitrogens with one attached hydrogen (secondary N) is 1. The van der Waals surface area contributed by atoms with Gasteiger partial charge in [-0.05, 0) is 25.0 Å². The summed E-state index contributed by atoms with van der Waals surface area (Å²) in [6, 6.07) is 12.5. The average molecular weight is 353 g/mol. The van der Waals surface area contributed by atoms with Crippen LogP contribution in [0.3, 0.4) is 0 Å². The van der Waals surface area contributed by atoms with E-state index >= 15 is 0 Å². The number of benzene rings is 1. The zero-order valence-corrected chi connectivity index (χ0v) is 14.8. The number of fused-ring (bicyclic) bond motifs is 3. The molecule has 128 valence electrons. The van der Waals surface area contributed by atoms with E-state index in [0.29, 0.717) is 0 Å². The number of anilines is 1. The highest BCUT2D eigenvalue weighted by Crippen LogP contribution is 2.34. The SMILES string of the molecule is CCOCCCNc1nc2sc(-c3ccccc3)cc2c2ncnn12. The van der Waals surface area contributed by atoms with Crippen molar-refractivity contribution in [3.63, 3.8) is 0 Å². The lowest BCUT2D eigenvalue weighted by molar-refractivity contribution is 0.147. The quantitative estimate of drug-likeness (QED) is 0.511. The van der Waals surface area contributed by atoms with Crippen LogP contribution in [-0.4, -0.2) is 39.3 Å². The lowest BCUT2D eigenvalue weighted by atomic mass is 10.2. The first-order chi connectivity index (χ1) is 12.4. The second-order valence-electron chi connectivity index (χ2n) is 5.60. The van der Waals surface area contributed by atoms with Crippen LogP contribution in [0, 0.1) is 0 Å². The highest BCUT2D eigenvalue weighted by atomic mass is 32.1. The van der Waals surface area contributed by atoms with Crippen molar-refractivity contribution >= 4 is 33.1 Å². The summed E-state index contributed by atoms with van der Waals surface area (Å²) in [7, 11) is 0. The van der Waals surface area contributed by atoms with Crippen LogP contribution in [0.15, 0.2) is 42.7 Å². The molecule has 4 aromatic rings. The summed E-state index contributed by atoms with van der Waals surface area (Å²) < 4.78 is 7.14. The Bertz CT molecular complexity index is 979. The van der Waals surface area contributed by atoms with Crippen molar-refractivity contribution in [3.05, 3.63) is 42.7 Å². The number of ether oxygens (including phenoxy) is 1. The minimum Gasteiger partial charge on any atom is -0.382 e. The van der Waals surface area contributed by atoms with Gasteiger partial charge in [-0.15, -0.1) is 11.3 Å². The van der Waals surface area contributed by atoms with E-state index in [9.17, 15) is 0 Å². The van der Waals surface area contributed by atoms with Crippen molar-refractivity contribution < 1.29 is 4.74 Å². The highest BCUT2D eigenvalue weighted by Gasteiger charge is 2.14. The van der Waals surface area contributed by atoms with Gasteiger partial charge >= 0.3 is 0 Å². The van der Waals surface area contributed by atoms with Crippen LogP contribution in [0.1, 0.15) is 13.3 Å². The molecule has 0 aliphatic heterocycles. The molecule has 0 aliphatic carbocycles. The first-order valence-corrected chi connectivity index (χ1v) is 9.19. The lowest BCUT2D eigenvalue weighted by Crippen LogP contribution is -2.10. The average Bonchev–Trinajstić information content (AvgIpc) is 3.29. The fourth-order valence-electron chi connectivity index (χ4n) is 2.73. The molecule has 3 aromatic heterocycles. The molecule has 1 aromatic carbocycles. The van der Waals surface area contributed by atoms with E-state index in [-0.39, 0.29) is 0 Å². The molecule has 0 atom stereocenters. The number of rotatable bonds is 7. The topological polar surface area (TPSA) is 64.3 Å². The van der Waals surface area contributed by atoms with Gasteiger partial charge in [-0.1, -0.05) is 30.3 Å². The summed E-state index contributed by atoms with van der Waals surface area (Å²) >= 11 is 1.67. The number of aromatic nitrogens is 4. The Kier molecular flexibility index (Phi) is 4.58. The van der Waals surface area contributed by atoms with Gasteiger partial charge in [-0.25, -0.2) is 9.97 Å². The van der Waals surface area contributed by atoms with Gasteiger partial charge in [0, 0.05) is 24.6 Å². The number of hydrogen-bond acceptors (Lipinski definition) is 6. The molecule has 25 heavy (non-hydrogen) atoms. The van der Waals surface area contributed by atoms with Crippen LogP contribution in [0.5, 0.6) is 0 Å². The molecule has 0 unspecified atom stereocenters. The van der Waals surface area contributed by atoms with Crippen LogP contribution in [0.4, 0.5) is 5.95 Å². The molecule has 0 spiro atoms. The van der Waals surface area contributed by atoms with Crippen LogP contribution >= 0.6 is 11.3 Å². The third kappa shape index (κ3) is 3.20. The molecule has 0 saturated carbocycles. The zero-order chi connectivity index (χ0) is 17.1. The fraction of sp³-hybridized carbons (Fsp3) is 0.278. The summed E-state index contributed by atoms with van der Waals surface area (Å²) in [5, 5.41) is 8.70. The van der Waals surface area contributed by atoms with Gasteiger partial charge in [0.25, 0.3) is 0 Å². The maximum atomic E-state index is 5.37. The fourth-order valence-corrected chi connectivity index (χ4v) is 3.76. The Hall–Kier alpha value is -2.51. The second-order valence-corrected chi connectivity index (χ2v) is 6.63. The molecule has 0 fully saturated rings. The van der Waals surface area contributed by atoms with Gasteiger partial charge in [-0.3, -0.25) is 0 Å². The standard InChI is InChI=1S/C18H19N5OS/c1-2-24-10-6-9-19-18-22-17-14(16-20-12-21-23(16)18)11-15(25-17)13-7-4-3-5-8-13/h3-5,7-8,11-12H,2,6,9-10H2,1H3,(H,19,22). The Labute approximate surface area is 149 Å². The smallest absolute Gasteiger partial charge is 0.227 e. The van der Waals surface area contributed by atoms with E-state index in [4.69, 9.17) is 9.72 Å². The van der Waals surface area contributed by atoms with Gasteiger partial charge in [0.05, 0.1) is 5.39 Å². The van der Waals surface area contributed by atoms with Crippen molar-refractivity contribution in [1.29, 1.82) is 0 Å². The molecule has 6 nitrogen and oxygen atoms in total. The van der Waals surface area contributed by atoms with Crippen molar-refractivity contribution in [2.45, 2.75) is 13.3 Å². The summed E-state index contributed by atoms with van der Waals surface area (Å²) in [6.07, 6.45) is 2.49. The third-order valence-electron chi connectivity index (χ3n) is 3.92. The Balaban J connectivity index is 1.68. The molecular weight excluding hydrogens is 334 g/mol. The molecule has 0 amide bonds. The summed E-state index contributed by atoms with van der Waals surface area (Å²) in [6.45, 7) is 4.27. The second kappa shape index (κ2) is 7.16. The lowest BCUT2D eigenvalue weighted by Gasteiger charge is -2.07. The van der Waals surface area contributed by atoms with Crippen LogP contribution < -0.4 is 5.32 Å². The predicted molar refractivity (Wildman–Crippen MR) is 101 cm³/mol.